The molecule has 0 fully saturated rings. The fourth-order valence-corrected chi connectivity index (χ4v) is 2.68. The first-order valence-corrected chi connectivity index (χ1v) is 9.38. The highest BCUT2D eigenvalue weighted by Crippen LogP contribution is 2.12. The summed E-state index contributed by atoms with van der Waals surface area (Å²) >= 11 is 5.89. The van der Waals surface area contributed by atoms with Crippen molar-refractivity contribution < 1.29 is 19.1 Å². The second-order valence-electron chi connectivity index (χ2n) is 6.58. The molecule has 29 heavy (non-hydrogen) atoms. The average Bonchev–Trinajstić information content (AvgIpc) is 2.67. The zero-order chi connectivity index (χ0) is 21.4. The van der Waals surface area contributed by atoms with Gasteiger partial charge in [-0.1, -0.05) is 41.4 Å². The number of carbonyl (C=O) groups excluding carboxylic acids is 3. The number of benzene rings is 2. The maximum Gasteiger partial charge on any atom is 0.331 e. The van der Waals surface area contributed by atoms with Crippen LogP contribution in [0.15, 0.2) is 54.6 Å². The van der Waals surface area contributed by atoms with Gasteiger partial charge >= 0.3 is 5.97 Å². The van der Waals surface area contributed by atoms with Gasteiger partial charge in [0.05, 0.1) is 6.54 Å². The maximum absolute atomic E-state index is 12.4. The van der Waals surface area contributed by atoms with E-state index in [1.165, 1.54) is 24.9 Å². The Morgan fingerprint density at radius 2 is 1.86 bits per heavy atom. The van der Waals surface area contributed by atoms with E-state index in [2.05, 4.69) is 5.32 Å². The van der Waals surface area contributed by atoms with Crippen LogP contribution in [-0.2, 0) is 19.1 Å². The van der Waals surface area contributed by atoms with Crippen molar-refractivity contribution >= 4 is 41.1 Å². The van der Waals surface area contributed by atoms with Gasteiger partial charge in [0.25, 0.3) is 5.91 Å². The van der Waals surface area contributed by atoms with Crippen molar-refractivity contribution in [3.63, 3.8) is 0 Å². The fourth-order valence-electron chi connectivity index (χ4n) is 2.48. The quantitative estimate of drug-likeness (QED) is 0.553. The van der Waals surface area contributed by atoms with Gasteiger partial charge in [-0.3, -0.25) is 9.59 Å². The number of nitrogens with one attached hydrogen (secondary N) is 1. The normalized spacial score (nSPS) is 11.7. The first-order valence-electron chi connectivity index (χ1n) is 9.00. The first kappa shape index (κ1) is 22.2. The SMILES string of the molecule is Cc1ccc(NC(=O)CN(C)C(=O)[C@@H](C)OC(=O)/C=C/c2cccc(Cl)c2)cc1. The summed E-state index contributed by atoms with van der Waals surface area (Å²) in [5, 5.41) is 3.27. The molecule has 2 amide bonds. The van der Waals surface area contributed by atoms with Crippen LogP contribution in [-0.4, -0.2) is 42.4 Å². The molecular weight excluding hydrogens is 392 g/mol. The zero-order valence-corrected chi connectivity index (χ0v) is 17.3. The zero-order valence-electron chi connectivity index (χ0n) is 16.5. The van der Waals surface area contributed by atoms with E-state index in [4.69, 9.17) is 16.3 Å². The third-order valence-electron chi connectivity index (χ3n) is 3.99. The van der Waals surface area contributed by atoms with Gasteiger partial charge in [-0.25, -0.2) is 4.79 Å². The minimum atomic E-state index is -1.02. The molecule has 1 atom stereocenters. The molecule has 2 aromatic carbocycles. The van der Waals surface area contributed by atoms with Crippen molar-refractivity contribution in [2.45, 2.75) is 20.0 Å². The summed E-state index contributed by atoms with van der Waals surface area (Å²) in [5.74, 6) is -1.49. The summed E-state index contributed by atoms with van der Waals surface area (Å²) in [7, 11) is 1.48. The van der Waals surface area contributed by atoms with Gasteiger partial charge in [-0.15, -0.1) is 0 Å². The summed E-state index contributed by atoms with van der Waals surface area (Å²) < 4.78 is 5.12. The predicted molar refractivity (Wildman–Crippen MR) is 113 cm³/mol. The molecule has 0 heterocycles. The number of amides is 2. The summed E-state index contributed by atoms with van der Waals surface area (Å²) in [6, 6.07) is 14.3. The number of hydrogen-bond donors (Lipinski definition) is 1. The number of ether oxygens (including phenoxy) is 1. The monoisotopic (exact) mass is 414 g/mol. The van der Waals surface area contributed by atoms with Crippen LogP contribution in [0.2, 0.25) is 5.02 Å². The highest BCUT2D eigenvalue weighted by Gasteiger charge is 2.22. The Morgan fingerprint density at radius 3 is 2.52 bits per heavy atom. The van der Waals surface area contributed by atoms with Crippen molar-refractivity contribution in [2.24, 2.45) is 0 Å². The maximum atomic E-state index is 12.4. The van der Waals surface area contributed by atoms with E-state index >= 15 is 0 Å². The highest BCUT2D eigenvalue weighted by atomic mass is 35.5. The number of nitrogens with zero attached hydrogens (tertiary/aromatic N) is 1. The number of anilines is 1. The summed E-state index contributed by atoms with van der Waals surface area (Å²) in [4.78, 5) is 37.6. The molecule has 7 heteroatoms. The Bertz CT molecular complexity index is 909. The van der Waals surface area contributed by atoms with Crippen LogP contribution in [0.4, 0.5) is 5.69 Å². The molecule has 0 spiro atoms. The Balaban J connectivity index is 1.83. The van der Waals surface area contributed by atoms with E-state index in [0.717, 1.165) is 11.1 Å². The van der Waals surface area contributed by atoms with Crippen LogP contribution in [0.1, 0.15) is 18.1 Å². The van der Waals surface area contributed by atoms with Crippen LogP contribution in [0.5, 0.6) is 0 Å². The third kappa shape index (κ3) is 7.43. The lowest BCUT2D eigenvalue weighted by molar-refractivity contribution is -0.154. The number of esters is 1. The topological polar surface area (TPSA) is 75.7 Å². The Labute approximate surface area is 175 Å². The van der Waals surface area contributed by atoms with Gasteiger partial charge in [0.15, 0.2) is 6.10 Å². The number of hydrogen-bond acceptors (Lipinski definition) is 4. The second kappa shape index (κ2) is 10.4. The third-order valence-corrected chi connectivity index (χ3v) is 4.23. The van der Waals surface area contributed by atoms with Crippen LogP contribution in [0.3, 0.4) is 0 Å². The predicted octanol–water partition coefficient (Wildman–Crippen LogP) is 3.69. The first-order chi connectivity index (χ1) is 13.7. The van der Waals surface area contributed by atoms with Crippen molar-refractivity contribution in [3.8, 4) is 0 Å². The van der Waals surface area contributed by atoms with Crippen LogP contribution >= 0.6 is 11.6 Å². The number of halogens is 1. The van der Waals surface area contributed by atoms with Crippen molar-refractivity contribution in [1.82, 2.24) is 4.90 Å². The largest absolute Gasteiger partial charge is 0.449 e. The van der Waals surface area contributed by atoms with Gasteiger partial charge < -0.3 is 15.0 Å². The molecule has 0 unspecified atom stereocenters. The summed E-state index contributed by atoms with van der Waals surface area (Å²) in [5.41, 5.74) is 2.46. The molecule has 2 rings (SSSR count). The molecule has 0 aromatic heterocycles. The minimum absolute atomic E-state index is 0.160. The van der Waals surface area contributed by atoms with E-state index in [1.54, 1.807) is 42.5 Å². The Kier molecular flexibility index (Phi) is 7.98. The van der Waals surface area contributed by atoms with E-state index in [0.29, 0.717) is 10.7 Å². The van der Waals surface area contributed by atoms with E-state index in [9.17, 15) is 14.4 Å². The molecule has 2 aromatic rings. The molecule has 0 aliphatic heterocycles. The van der Waals surface area contributed by atoms with E-state index < -0.39 is 18.0 Å². The van der Waals surface area contributed by atoms with Gasteiger partial charge in [0.1, 0.15) is 0 Å². The van der Waals surface area contributed by atoms with E-state index in [1.807, 2.05) is 19.1 Å². The average molecular weight is 415 g/mol. The smallest absolute Gasteiger partial charge is 0.331 e. The highest BCUT2D eigenvalue weighted by molar-refractivity contribution is 6.30. The molecule has 0 bridgehead atoms. The fraction of sp³-hybridized carbons (Fsp3) is 0.227. The molecule has 0 aliphatic rings. The minimum Gasteiger partial charge on any atom is -0.449 e. The lowest BCUT2D eigenvalue weighted by atomic mass is 10.2. The van der Waals surface area contributed by atoms with Gasteiger partial charge in [0, 0.05) is 23.8 Å². The molecular formula is C22H23ClN2O4. The molecule has 0 saturated carbocycles. The van der Waals surface area contributed by atoms with Crippen LogP contribution < -0.4 is 5.32 Å². The van der Waals surface area contributed by atoms with Gasteiger partial charge in [0.2, 0.25) is 5.91 Å². The molecule has 0 radical (unpaired) electrons. The standard InChI is InChI=1S/C22H23ClN2O4/c1-15-7-10-19(11-8-15)24-20(26)14-25(3)22(28)16(2)29-21(27)12-9-17-5-4-6-18(23)13-17/h4-13,16H,14H2,1-3H3,(H,24,26)/b12-9+/t16-/m1/s1. The summed E-state index contributed by atoms with van der Waals surface area (Å²) in [6.45, 7) is 3.25. The second-order valence-corrected chi connectivity index (χ2v) is 7.01. The molecule has 152 valence electrons. The lowest BCUT2D eigenvalue weighted by Crippen LogP contribution is -2.41. The van der Waals surface area contributed by atoms with Gasteiger partial charge in [-0.05, 0) is 49.8 Å². The van der Waals surface area contributed by atoms with Crippen molar-refractivity contribution in [3.05, 3.63) is 70.8 Å². The molecule has 0 aliphatic carbocycles. The van der Waals surface area contributed by atoms with Crippen LogP contribution in [0.25, 0.3) is 6.08 Å². The number of aryl methyl sites for hydroxylation is 1. The number of rotatable bonds is 7. The number of carbonyl (C=O) groups is 3. The molecule has 1 N–H and O–H groups in total. The van der Waals surface area contributed by atoms with Gasteiger partial charge in [-0.2, -0.15) is 0 Å². The Hall–Kier alpha value is -3.12. The molecule has 0 saturated heterocycles. The lowest BCUT2D eigenvalue weighted by Gasteiger charge is -2.20. The summed E-state index contributed by atoms with van der Waals surface area (Å²) in [6.07, 6.45) is 1.74. The Morgan fingerprint density at radius 1 is 1.17 bits per heavy atom. The van der Waals surface area contributed by atoms with Crippen LogP contribution in [0, 0.1) is 6.92 Å². The molecule has 6 nitrogen and oxygen atoms in total. The number of likely N-dealkylation sites (N-methyl/N-ethyl adjacent to an activating group) is 1. The van der Waals surface area contributed by atoms with Crippen molar-refractivity contribution in [1.29, 1.82) is 0 Å². The van der Waals surface area contributed by atoms with E-state index in [-0.39, 0.29) is 12.5 Å². The van der Waals surface area contributed by atoms with Crippen molar-refractivity contribution in [2.75, 3.05) is 18.9 Å².